The lowest BCUT2D eigenvalue weighted by Crippen LogP contribution is -2.51. The molecule has 6 aromatic rings. The predicted molar refractivity (Wildman–Crippen MR) is 216 cm³/mol. The molecule has 292 valence electrons. The van der Waals surface area contributed by atoms with E-state index in [2.05, 4.69) is 15.3 Å². The first-order valence-electron chi connectivity index (χ1n) is 18.2. The number of ether oxygens (including phenoxy) is 1. The quantitative estimate of drug-likeness (QED) is 0.226. The number of amides is 1. The fourth-order valence-corrected chi connectivity index (χ4v) is 6.70. The molecule has 4 heterocycles. The largest absolute Gasteiger partial charge is 0.444 e. The van der Waals surface area contributed by atoms with Gasteiger partial charge < -0.3 is 24.8 Å². The average molecular weight is 765 g/mol. The minimum absolute atomic E-state index is 0. The summed E-state index contributed by atoms with van der Waals surface area (Å²) in [6.07, 6.45) is -0.373. The summed E-state index contributed by atoms with van der Waals surface area (Å²) < 4.78 is 37.2. The molecule has 1 amide bonds. The molecule has 0 bridgehead atoms. The Labute approximate surface area is 323 Å². The smallest absolute Gasteiger partial charge is 0.410 e. The number of para-hydroxylation sites is 6. The summed E-state index contributed by atoms with van der Waals surface area (Å²) in [5.74, 6) is -0.298. The third kappa shape index (κ3) is 8.25. The topological polar surface area (TPSA) is 118 Å². The molecule has 0 radical (unpaired) electrons. The zero-order valence-electron chi connectivity index (χ0n) is 30.9. The maximum Gasteiger partial charge on any atom is 0.410 e. The van der Waals surface area contributed by atoms with Gasteiger partial charge in [-0.2, -0.15) is 0 Å². The fourth-order valence-electron chi connectivity index (χ4n) is 6.70. The first-order chi connectivity index (χ1) is 26.5. The van der Waals surface area contributed by atoms with Crippen molar-refractivity contribution in [3.63, 3.8) is 0 Å². The van der Waals surface area contributed by atoms with E-state index >= 15 is 0 Å². The van der Waals surface area contributed by atoms with Crippen LogP contribution in [0, 0.1) is 11.6 Å². The van der Waals surface area contributed by atoms with E-state index in [0.717, 1.165) is 13.1 Å². The fraction of sp³-hybridized carbons (Fsp3) is 0.310. The van der Waals surface area contributed by atoms with Crippen LogP contribution in [0.15, 0.2) is 107 Å². The molecule has 0 atom stereocenters. The van der Waals surface area contributed by atoms with E-state index < -0.39 is 22.8 Å². The van der Waals surface area contributed by atoms with Crippen molar-refractivity contribution >= 4 is 39.8 Å². The number of rotatable bonds is 4. The highest BCUT2D eigenvalue weighted by Crippen LogP contribution is 2.23. The van der Waals surface area contributed by atoms with Crippen molar-refractivity contribution in [2.75, 3.05) is 62.2 Å². The third-order valence-electron chi connectivity index (χ3n) is 9.32. The molecular weight excluding hydrogens is 719 g/mol. The average Bonchev–Trinajstić information content (AvgIpc) is 3.18. The van der Waals surface area contributed by atoms with Crippen molar-refractivity contribution in [3.8, 4) is 11.4 Å². The van der Waals surface area contributed by atoms with Crippen molar-refractivity contribution in [1.82, 2.24) is 29.3 Å². The Balaban J connectivity index is 0.000000192. The van der Waals surface area contributed by atoms with Crippen LogP contribution in [-0.4, -0.2) is 88.1 Å². The molecule has 2 saturated heterocycles. The number of nitrogens with one attached hydrogen (secondary N) is 1. The van der Waals surface area contributed by atoms with E-state index in [9.17, 15) is 23.2 Å². The summed E-state index contributed by atoms with van der Waals surface area (Å²) in [6, 6.07) is 27.0. The second kappa shape index (κ2) is 16.7. The third-order valence-corrected chi connectivity index (χ3v) is 9.32. The lowest BCUT2D eigenvalue weighted by atomic mass is 10.2. The van der Waals surface area contributed by atoms with E-state index in [1.165, 1.54) is 21.3 Å². The molecule has 0 unspecified atom stereocenters. The molecule has 0 saturated carbocycles. The van der Waals surface area contributed by atoms with Gasteiger partial charge in [0, 0.05) is 52.4 Å². The van der Waals surface area contributed by atoms with Gasteiger partial charge in [-0.15, -0.1) is 0 Å². The van der Waals surface area contributed by atoms with E-state index in [1.807, 2.05) is 54.8 Å². The number of fused-ring (bicyclic) bond motifs is 2. The van der Waals surface area contributed by atoms with Gasteiger partial charge in [0.05, 0.1) is 33.4 Å². The van der Waals surface area contributed by atoms with Crippen LogP contribution in [0.5, 0.6) is 0 Å². The highest BCUT2D eigenvalue weighted by atomic mass is 19.1. The van der Waals surface area contributed by atoms with Crippen LogP contribution in [0.1, 0.15) is 28.2 Å². The van der Waals surface area contributed by atoms with E-state index in [-0.39, 0.29) is 36.3 Å². The number of nitrogens with zero attached hydrogens (tertiary/aromatic N) is 7. The number of aromatic nitrogens is 4. The summed E-state index contributed by atoms with van der Waals surface area (Å²) in [6.45, 7) is 10.2. The normalized spacial score (nSPS) is 14.6. The number of carbonyl (C=O) groups excluding carboxylic acids is 1. The number of carbonyl (C=O) groups is 1. The molecule has 2 aliphatic rings. The Morgan fingerprint density at radius 3 is 1.48 bits per heavy atom. The van der Waals surface area contributed by atoms with Crippen LogP contribution in [-0.2, 0) is 4.74 Å². The molecule has 1 N–H and O–H groups in total. The van der Waals surface area contributed by atoms with Gasteiger partial charge in [0.15, 0.2) is 11.6 Å². The summed E-state index contributed by atoms with van der Waals surface area (Å²) in [7, 11) is 0. The van der Waals surface area contributed by atoms with Gasteiger partial charge in [-0.25, -0.2) is 23.5 Å². The number of anilines is 2. The minimum Gasteiger partial charge on any atom is -0.444 e. The summed E-state index contributed by atoms with van der Waals surface area (Å²) >= 11 is 0. The molecule has 2 aromatic heterocycles. The van der Waals surface area contributed by atoms with Crippen molar-refractivity contribution in [2.45, 2.75) is 33.8 Å². The number of benzene rings is 4. The zero-order chi connectivity index (χ0) is 38.7. The van der Waals surface area contributed by atoms with Gasteiger partial charge in [0.1, 0.15) is 17.2 Å². The first kappa shape index (κ1) is 39.5. The van der Waals surface area contributed by atoms with Crippen LogP contribution in [0.4, 0.5) is 25.2 Å². The molecule has 0 spiro atoms. The predicted octanol–water partition coefficient (Wildman–Crippen LogP) is 6.15. The molecule has 12 nitrogen and oxygen atoms in total. The van der Waals surface area contributed by atoms with Crippen LogP contribution in [0.2, 0.25) is 0 Å². The lowest BCUT2D eigenvalue weighted by molar-refractivity contribution is 0.0240. The first-order valence-corrected chi connectivity index (χ1v) is 18.2. The molecule has 8 rings (SSSR count). The van der Waals surface area contributed by atoms with Crippen LogP contribution < -0.4 is 26.2 Å². The maximum atomic E-state index is 14.6. The Morgan fingerprint density at radius 1 is 0.625 bits per heavy atom. The second-order valence-corrected chi connectivity index (χ2v) is 14.2. The molecule has 56 heavy (non-hydrogen) atoms. The van der Waals surface area contributed by atoms with Crippen molar-refractivity contribution in [2.24, 2.45) is 0 Å². The number of halogens is 2. The number of hydrogen-bond acceptors (Lipinski definition) is 9. The van der Waals surface area contributed by atoms with Crippen molar-refractivity contribution < 1.29 is 18.3 Å². The monoisotopic (exact) mass is 764 g/mol. The summed E-state index contributed by atoms with van der Waals surface area (Å²) in [5, 5.41) is 3.26. The highest BCUT2D eigenvalue weighted by molar-refractivity contribution is 5.79. The molecule has 0 aliphatic carbocycles. The van der Waals surface area contributed by atoms with Gasteiger partial charge in [0.2, 0.25) is 0 Å². The second-order valence-electron chi connectivity index (χ2n) is 14.2. The molecule has 2 fully saturated rings. The van der Waals surface area contributed by atoms with Crippen LogP contribution in [0.3, 0.4) is 0 Å². The minimum atomic E-state index is -0.568. The van der Waals surface area contributed by atoms with Gasteiger partial charge in [0.25, 0.3) is 11.1 Å². The Bertz CT molecular complexity index is 2470. The molecule has 2 aliphatic heterocycles. The Hall–Kier alpha value is -6.15. The van der Waals surface area contributed by atoms with Crippen LogP contribution in [0.25, 0.3) is 33.4 Å². The van der Waals surface area contributed by atoms with Gasteiger partial charge in [-0.3, -0.25) is 18.7 Å². The lowest BCUT2D eigenvalue weighted by Gasteiger charge is -2.36. The van der Waals surface area contributed by atoms with Gasteiger partial charge in [-0.1, -0.05) is 56.0 Å². The SMILES string of the molecule is C.CC(C)(C)OC(=O)N1CCN(c2nc3ccccc3n(-c3ccccc3F)c2=O)CC1.O=c1c(N2CCNCC2)nc2ccccc2n1-c1ccccc1F. The zero-order valence-corrected chi connectivity index (χ0v) is 30.9. The highest BCUT2D eigenvalue weighted by Gasteiger charge is 2.28. The Kier molecular flexibility index (Phi) is 11.8. The van der Waals surface area contributed by atoms with Crippen LogP contribution >= 0.6 is 0 Å². The van der Waals surface area contributed by atoms with Gasteiger partial charge >= 0.3 is 6.09 Å². The summed E-state index contributed by atoms with van der Waals surface area (Å²) in [5.41, 5.74) is 1.58. The van der Waals surface area contributed by atoms with Crippen molar-refractivity contribution in [3.05, 3.63) is 129 Å². The molecular formula is C42H46F2N8O4. The standard InChI is InChI=1S/C23H25FN4O3.C18H17FN4O.CH4/c1-23(2,3)31-22(30)27-14-12-26(13-15-27)20-21(29)28(18-10-6-4-8-16(18)24)19-11-7-5-9-17(19)25-20;19-13-5-1-3-7-15(13)23-16-8-4-2-6-14(16)21-17(18(23)24)22-11-9-20-10-12-22;/h4-11H,12-15H2,1-3H3;1-8,20H,9-12H2;1H4. The van der Waals surface area contributed by atoms with Crippen molar-refractivity contribution in [1.29, 1.82) is 0 Å². The van der Waals surface area contributed by atoms with E-state index in [0.29, 0.717) is 67.2 Å². The van der Waals surface area contributed by atoms with E-state index in [4.69, 9.17) is 4.74 Å². The van der Waals surface area contributed by atoms with E-state index in [1.54, 1.807) is 65.6 Å². The molecule has 4 aromatic carbocycles. The van der Waals surface area contributed by atoms with Gasteiger partial charge in [-0.05, 0) is 69.3 Å². The summed E-state index contributed by atoms with van der Waals surface area (Å²) in [4.78, 5) is 53.4. The number of hydrogen-bond donors (Lipinski definition) is 1. The molecule has 14 heteroatoms. The maximum absolute atomic E-state index is 14.6. The Morgan fingerprint density at radius 2 is 1.04 bits per heavy atom. The number of piperazine rings is 2.